The minimum absolute atomic E-state index is 0.0168. The lowest BCUT2D eigenvalue weighted by molar-refractivity contribution is -0.133. The normalized spacial score (nSPS) is 20.2. The van der Waals surface area contributed by atoms with Crippen molar-refractivity contribution in [3.63, 3.8) is 0 Å². The maximum Gasteiger partial charge on any atom is 0.246 e. The van der Waals surface area contributed by atoms with Crippen LogP contribution < -0.4 is 10.1 Å². The average Bonchev–Trinajstić information content (AvgIpc) is 3.43. The Morgan fingerprint density at radius 1 is 1.22 bits per heavy atom. The lowest BCUT2D eigenvalue weighted by Gasteiger charge is -2.22. The van der Waals surface area contributed by atoms with E-state index in [0.29, 0.717) is 5.89 Å². The number of hydrogen-bond acceptors (Lipinski definition) is 7. The first-order valence-corrected chi connectivity index (χ1v) is 12.0. The van der Waals surface area contributed by atoms with Crippen molar-refractivity contribution in [1.82, 2.24) is 25.4 Å². The summed E-state index contributed by atoms with van der Waals surface area (Å²) >= 11 is 0. The lowest BCUT2D eigenvalue weighted by atomic mass is 9.91. The third-order valence-electron chi connectivity index (χ3n) is 7.05. The fraction of sp³-hybridized carbons (Fsp3) is 0.423. The molecular weight excluding hydrogens is 484 g/mol. The summed E-state index contributed by atoms with van der Waals surface area (Å²) in [7, 11) is 1.31. The van der Waals surface area contributed by atoms with Gasteiger partial charge in [0.1, 0.15) is 23.4 Å². The van der Waals surface area contributed by atoms with E-state index in [1.165, 1.54) is 12.0 Å². The zero-order valence-electron chi connectivity index (χ0n) is 20.8. The van der Waals surface area contributed by atoms with Crippen molar-refractivity contribution in [1.29, 1.82) is 0 Å². The quantitative estimate of drug-likeness (QED) is 0.495. The molecule has 11 heteroatoms. The number of benzene rings is 1. The van der Waals surface area contributed by atoms with Crippen LogP contribution in [0.3, 0.4) is 0 Å². The van der Waals surface area contributed by atoms with Crippen molar-refractivity contribution in [3.05, 3.63) is 70.7 Å². The van der Waals surface area contributed by atoms with Crippen molar-refractivity contribution in [2.75, 3.05) is 13.7 Å². The summed E-state index contributed by atoms with van der Waals surface area (Å²) in [5.74, 6) is -3.01. The molecule has 2 amide bonds. The summed E-state index contributed by atoms with van der Waals surface area (Å²) in [4.78, 5) is 32.6. The Hall–Kier alpha value is -3.89. The average molecular weight is 512 g/mol. The van der Waals surface area contributed by atoms with Gasteiger partial charge in [0, 0.05) is 60.3 Å². The minimum Gasteiger partial charge on any atom is -0.497 e. The van der Waals surface area contributed by atoms with E-state index in [-0.39, 0.29) is 42.6 Å². The number of halogens is 2. The van der Waals surface area contributed by atoms with Crippen LogP contribution in [-0.4, -0.2) is 51.6 Å². The van der Waals surface area contributed by atoms with E-state index in [1.807, 2.05) is 25.1 Å². The van der Waals surface area contributed by atoms with E-state index in [9.17, 15) is 9.59 Å². The van der Waals surface area contributed by atoms with Crippen LogP contribution in [0.15, 0.2) is 34.7 Å². The maximum atomic E-state index is 15.1. The molecule has 2 aromatic heterocycles. The number of aromatic nitrogens is 3. The van der Waals surface area contributed by atoms with Crippen molar-refractivity contribution < 1.29 is 27.5 Å². The molecule has 3 heterocycles. The first kappa shape index (κ1) is 24.8. The van der Waals surface area contributed by atoms with Crippen LogP contribution in [0, 0.1) is 25.5 Å². The summed E-state index contributed by atoms with van der Waals surface area (Å²) < 4.78 is 40.5. The van der Waals surface area contributed by atoms with E-state index in [0.717, 1.165) is 36.4 Å². The lowest BCUT2D eigenvalue weighted by Crippen LogP contribution is -2.44. The van der Waals surface area contributed by atoms with Gasteiger partial charge < -0.3 is 19.4 Å². The van der Waals surface area contributed by atoms with E-state index < -0.39 is 34.9 Å². The summed E-state index contributed by atoms with van der Waals surface area (Å²) in [6.45, 7) is 3.42. The molecule has 0 spiro atoms. The molecule has 0 unspecified atom stereocenters. The smallest absolute Gasteiger partial charge is 0.246 e. The molecule has 1 aliphatic heterocycles. The van der Waals surface area contributed by atoms with Crippen LogP contribution in [0.1, 0.15) is 53.9 Å². The highest BCUT2D eigenvalue weighted by molar-refractivity contribution is 5.91. The highest BCUT2D eigenvalue weighted by Crippen LogP contribution is 2.50. The van der Waals surface area contributed by atoms with Gasteiger partial charge in [0.15, 0.2) is 0 Å². The molecule has 1 N–H and O–H groups in total. The number of carbonyl (C=O) groups is 2. The van der Waals surface area contributed by atoms with Gasteiger partial charge in [0.05, 0.1) is 13.7 Å². The molecule has 0 bridgehead atoms. The number of amides is 2. The Labute approximate surface area is 212 Å². The van der Waals surface area contributed by atoms with Gasteiger partial charge in [0.2, 0.25) is 23.6 Å². The number of rotatable bonds is 8. The van der Waals surface area contributed by atoms with Crippen molar-refractivity contribution in [2.45, 2.75) is 57.0 Å². The molecule has 37 heavy (non-hydrogen) atoms. The van der Waals surface area contributed by atoms with E-state index in [1.54, 1.807) is 6.92 Å². The fourth-order valence-electron chi connectivity index (χ4n) is 5.01. The summed E-state index contributed by atoms with van der Waals surface area (Å²) in [5, 5.41) is 10.4. The van der Waals surface area contributed by atoms with Gasteiger partial charge >= 0.3 is 0 Å². The third kappa shape index (κ3) is 4.90. The van der Waals surface area contributed by atoms with Crippen LogP contribution in [0.4, 0.5) is 8.78 Å². The molecule has 0 radical (unpaired) electrons. The number of pyridine rings is 1. The van der Waals surface area contributed by atoms with Crippen LogP contribution in [-0.2, 0) is 21.5 Å². The number of methoxy groups -OCH3 is 1. The summed E-state index contributed by atoms with van der Waals surface area (Å²) in [5.41, 5.74) is 1.00. The Morgan fingerprint density at radius 3 is 2.54 bits per heavy atom. The van der Waals surface area contributed by atoms with E-state index >= 15 is 8.78 Å². The molecule has 2 aliphatic rings. The molecule has 3 aromatic rings. The van der Waals surface area contributed by atoms with Crippen molar-refractivity contribution >= 4 is 11.8 Å². The Kier molecular flexibility index (Phi) is 6.38. The molecule has 1 saturated heterocycles. The van der Waals surface area contributed by atoms with Crippen LogP contribution in [0.25, 0.3) is 0 Å². The maximum absolute atomic E-state index is 15.1. The standard InChI is InChI=1S/C26H27F2N5O4/c1-14-5-4-6-20(29-14)26(7-8-26)11-21(34)30-24-17(23-18(27)9-16(36-3)10-19(23)28)12-33(25(24)35)13-22-32-31-15(2)37-22/h4-6,9-10,17,24H,7-8,11-13H2,1-3H3,(H,30,34)/t17-,24-/m0/s1. The highest BCUT2D eigenvalue weighted by atomic mass is 19.1. The Bertz CT molecular complexity index is 1330. The van der Waals surface area contributed by atoms with Gasteiger partial charge in [0.25, 0.3) is 0 Å². The molecule has 9 nitrogen and oxygen atoms in total. The SMILES string of the molecule is COc1cc(F)c([C@@H]2CN(Cc3nnc(C)o3)C(=O)[C@H]2NC(=O)CC2(c3cccc(C)n3)CC2)c(F)c1. The molecule has 2 fully saturated rings. The second-order valence-corrected chi connectivity index (χ2v) is 9.71. The molecule has 194 valence electrons. The minimum atomic E-state index is -1.17. The fourth-order valence-corrected chi connectivity index (χ4v) is 5.01. The zero-order chi connectivity index (χ0) is 26.3. The van der Waals surface area contributed by atoms with Gasteiger partial charge in [-0.05, 0) is 31.9 Å². The van der Waals surface area contributed by atoms with Gasteiger partial charge in [-0.1, -0.05) is 6.07 Å². The Balaban J connectivity index is 1.41. The number of ether oxygens (including phenoxy) is 1. The second kappa shape index (κ2) is 9.53. The van der Waals surface area contributed by atoms with Gasteiger partial charge in [-0.3, -0.25) is 14.6 Å². The van der Waals surface area contributed by atoms with Crippen LogP contribution >= 0.6 is 0 Å². The number of aryl methyl sites for hydroxylation is 2. The van der Waals surface area contributed by atoms with Gasteiger partial charge in [-0.25, -0.2) is 8.78 Å². The van der Waals surface area contributed by atoms with Crippen LogP contribution in [0.5, 0.6) is 5.75 Å². The van der Waals surface area contributed by atoms with Crippen molar-refractivity contribution in [3.8, 4) is 5.75 Å². The molecule has 1 saturated carbocycles. The first-order chi connectivity index (χ1) is 17.7. The van der Waals surface area contributed by atoms with Crippen molar-refractivity contribution in [2.24, 2.45) is 0 Å². The molecule has 5 rings (SSSR count). The molecule has 1 aliphatic carbocycles. The van der Waals surface area contributed by atoms with E-state index in [2.05, 4.69) is 20.5 Å². The topological polar surface area (TPSA) is 110 Å². The van der Waals surface area contributed by atoms with Gasteiger partial charge in [-0.2, -0.15) is 0 Å². The number of likely N-dealkylation sites (tertiary alicyclic amines) is 1. The second-order valence-electron chi connectivity index (χ2n) is 9.71. The predicted octanol–water partition coefficient (Wildman–Crippen LogP) is 3.10. The van der Waals surface area contributed by atoms with Gasteiger partial charge in [-0.15, -0.1) is 10.2 Å². The third-order valence-corrected chi connectivity index (χ3v) is 7.05. The number of nitrogens with one attached hydrogen (secondary N) is 1. The first-order valence-electron chi connectivity index (χ1n) is 12.0. The highest BCUT2D eigenvalue weighted by Gasteiger charge is 2.49. The molecule has 2 atom stereocenters. The number of nitrogens with zero attached hydrogens (tertiary/aromatic N) is 4. The monoisotopic (exact) mass is 511 g/mol. The number of hydrogen-bond donors (Lipinski definition) is 1. The predicted molar refractivity (Wildman–Crippen MR) is 127 cm³/mol. The molecular formula is C26H27F2N5O4. The largest absolute Gasteiger partial charge is 0.497 e. The summed E-state index contributed by atoms with van der Waals surface area (Å²) in [6, 6.07) is 6.64. The zero-order valence-corrected chi connectivity index (χ0v) is 20.8. The van der Waals surface area contributed by atoms with E-state index in [4.69, 9.17) is 9.15 Å². The van der Waals surface area contributed by atoms with Crippen LogP contribution in [0.2, 0.25) is 0 Å². The molecule has 1 aromatic carbocycles. The summed E-state index contributed by atoms with van der Waals surface area (Å²) in [6.07, 6.45) is 1.71. The Morgan fingerprint density at radius 2 is 1.95 bits per heavy atom. The number of carbonyl (C=O) groups excluding carboxylic acids is 2.